The van der Waals surface area contributed by atoms with Gasteiger partial charge in [0.25, 0.3) is 0 Å². The molecule has 3 nitrogen and oxygen atoms in total. The number of carbonyl (C=O) groups excluding carboxylic acids is 1. The van der Waals surface area contributed by atoms with E-state index in [0.717, 1.165) is 5.56 Å². The van der Waals surface area contributed by atoms with Crippen LogP contribution in [0.2, 0.25) is 0 Å². The number of benzene rings is 1. The quantitative estimate of drug-likeness (QED) is 0.650. The molecule has 0 unspecified atom stereocenters. The number of carbonyl (C=O) groups is 1. The molecular formula is C10H13NO2S. The number of hydrogen-bond donors (Lipinski definition) is 3. The Kier molecular flexibility index (Phi) is 4.32. The summed E-state index contributed by atoms with van der Waals surface area (Å²) in [5.74, 6) is 0.386. The predicted molar refractivity (Wildman–Crippen MR) is 58.7 cm³/mol. The van der Waals surface area contributed by atoms with Crippen molar-refractivity contribution in [3.05, 3.63) is 29.8 Å². The van der Waals surface area contributed by atoms with Gasteiger partial charge in [0, 0.05) is 6.54 Å². The number of amides is 1. The molecule has 0 saturated heterocycles. The maximum Gasteiger partial charge on any atom is 0.229 e. The van der Waals surface area contributed by atoms with Crippen molar-refractivity contribution in [2.75, 3.05) is 12.3 Å². The first kappa shape index (κ1) is 10.9. The van der Waals surface area contributed by atoms with Crippen LogP contribution in [0.5, 0.6) is 5.75 Å². The van der Waals surface area contributed by atoms with Crippen LogP contribution in [0.3, 0.4) is 0 Å². The number of aromatic hydroxyl groups is 1. The highest BCUT2D eigenvalue weighted by Gasteiger charge is 1.97. The molecule has 0 fully saturated rings. The Bertz CT molecular complexity index is 315. The van der Waals surface area contributed by atoms with Crippen molar-refractivity contribution in [1.82, 2.24) is 5.32 Å². The van der Waals surface area contributed by atoms with Gasteiger partial charge in [0.05, 0.1) is 5.75 Å². The minimum atomic E-state index is -0.0755. The Hall–Kier alpha value is -1.16. The van der Waals surface area contributed by atoms with E-state index >= 15 is 0 Å². The third-order valence-corrected chi connectivity index (χ3v) is 2.08. The molecule has 0 aliphatic rings. The average Bonchev–Trinajstić information content (AvgIpc) is 2.17. The van der Waals surface area contributed by atoms with Crippen LogP contribution in [0.1, 0.15) is 5.56 Å². The number of rotatable bonds is 4. The van der Waals surface area contributed by atoms with Crippen LogP contribution in [0.25, 0.3) is 0 Å². The summed E-state index contributed by atoms with van der Waals surface area (Å²) in [5.41, 5.74) is 1.00. The highest BCUT2D eigenvalue weighted by atomic mass is 32.1. The third kappa shape index (κ3) is 3.70. The zero-order valence-electron chi connectivity index (χ0n) is 7.73. The summed E-state index contributed by atoms with van der Waals surface area (Å²) in [5, 5.41) is 11.9. The summed E-state index contributed by atoms with van der Waals surface area (Å²) in [6, 6.07) is 7.00. The molecular weight excluding hydrogens is 198 g/mol. The number of phenolic OH excluding ortho intramolecular Hbond substituents is 1. The van der Waals surface area contributed by atoms with E-state index in [1.807, 2.05) is 6.07 Å². The van der Waals surface area contributed by atoms with Crippen LogP contribution in [0.4, 0.5) is 0 Å². The lowest BCUT2D eigenvalue weighted by Gasteiger charge is -2.03. The predicted octanol–water partition coefficient (Wildman–Crippen LogP) is 0.981. The van der Waals surface area contributed by atoms with E-state index in [1.165, 1.54) is 0 Å². The Morgan fingerprint density at radius 2 is 2.29 bits per heavy atom. The minimum absolute atomic E-state index is 0.0755. The molecule has 0 spiro atoms. The summed E-state index contributed by atoms with van der Waals surface area (Å²) in [6.45, 7) is 0.572. The van der Waals surface area contributed by atoms with E-state index in [1.54, 1.807) is 18.2 Å². The van der Waals surface area contributed by atoms with Crippen molar-refractivity contribution >= 4 is 18.5 Å². The third-order valence-electron chi connectivity index (χ3n) is 1.79. The molecule has 1 aromatic rings. The second-order valence-electron chi connectivity index (χ2n) is 2.93. The van der Waals surface area contributed by atoms with Crippen molar-refractivity contribution in [2.24, 2.45) is 0 Å². The first-order valence-electron chi connectivity index (χ1n) is 4.38. The molecule has 0 atom stereocenters. The highest BCUT2D eigenvalue weighted by Crippen LogP contribution is 2.10. The Morgan fingerprint density at radius 3 is 2.93 bits per heavy atom. The van der Waals surface area contributed by atoms with Crippen molar-refractivity contribution < 1.29 is 9.90 Å². The second kappa shape index (κ2) is 5.54. The van der Waals surface area contributed by atoms with Crippen molar-refractivity contribution in [2.45, 2.75) is 6.42 Å². The van der Waals surface area contributed by atoms with Gasteiger partial charge < -0.3 is 10.4 Å². The molecule has 1 aromatic carbocycles. The number of phenols is 1. The van der Waals surface area contributed by atoms with E-state index in [9.17, 15) is 4.79 Å². The largest absolute Gasteiger partial charge is 0.508 e. The molecule has 0 bridgehead atoms. The van der Waals surface area contributed by atoms with Gasteiger partial charge in [-0.05, 0) is 24.1 Å². The van der Waals surface area contributed by atoms with Crippen LogP contribution >= 0.6 is 12.6 Å². The van der Waals surface area contributed by atoms with Crippen LogP contribution in [-0.4, -0.2) is 23.3 Å². The van der Waals surface area contributed by atoms with E-state index in [2.05, 4.69) is 17.9 Å². The van der Waals surface area contributed by atoms with Gasteiger partial charge in [-0.3, -0.25) is 4.79 Å². The van der Waals surface area contributed by atoms with Crippen molar-refractivity contribution in [3.63, 3.8) is 0 Å². The van der Waals surface area contributed by atoms with Gasteiger partial charge in [-0.25, -0.2) is 0 Å². The smallest absolute Gasteiger partial charge is 0.229 e. The molecule has 0 radical (unpaired) electrons. The van der Waals surface area contributed by atoms with Gasteiger partial charge in [0.15, 0.2) is 0 Å². The number of hydrogen-bond acceptors (Lipinski definition) is 3. The fraction of sp³-hybridized carbons (Fsp3) is 0.300. The fourth-order valence-corrected chi connectivity index (χ4v) is 1.23. The number of nitrogens with one attached hydrogen (secondary N) is 1. The molecule has 4 heteroatoms. The Balaban J connectivity index is 2.35. The molecule has 1 rings (SSSR count). The minimum Gasteiger partial charge on any atom is -0.508 e. The average molecular weight is 211 g/mol. The summed E-state index contributed by atoms with van der Waals surface area (Å²) in [6.07, 6.45) is 0.716. The lowest BCUT2D eigenvalue weighted by Crippen LogP contribution is -2.26. The molecule has 0 aliphatic carbocycles. The lowest BCUT2D eigenvalue weighted by atomic mass is 10.1. The molecule has 2 N–H and O–H groups in total. The highest BCUT2D eigenvalue weighted by molar-refractivity contribution is 7.81. The van der Waals surface area contributed by atoms with E-state index < -0.39 is 0 Å². The van der Waals surface area contributed by atoms with Crippen LogP contribution in [0.15, 0.2) is 24.3 Å². The van der Waals surface area contributed by atoms with Gasteiger partial charge in [0.1, 0.15) is 5.75 Å². The van der Waals surface area contributed by atoms with Gasteiger partial charge in [0.2, 0.25) is 5.91 Å². The molecule has 1 amide bonds. The van der Waals surface area contributed by atoms with Crippen molar-refractivity contribution in [3.8, 4) is 5.75 Å². The van der Waals surface area contributed by atoms with Gasteiger partial charge >= 0.3 is 0 Å². The van der Waals surface area contributed by atoms with Gasteiger partial charge in [-0.1, -0.05) is 12.1 Å². The molecule has 0 aromatic heterocycles. The van der Waals surface area contributed by atoms with Gasteiger partial charge in [-0.15, -0.1) is 0 Å². The zero-order valence-corrected chi connectivity index (χ0v) is 8.63. The van der Waals surface area contributed by atoms with Crippen LogP contribution < -0.4 is 5.32 Å². The maximum atomic E-state index is 10.8. The standard InChI is InChI=1S/C10H13NO2S/c12-9-3-1-2-8(6-9)4-5-11-10(13)7-14/h1-3,6,12,14H,4-5,7H2,(H,11,13). The topological polar surface area (TPSA) is 49.3 Å². The van der Waals surface area contributed by atoms with E-state index in [4.69, 9.17) is 5.11 Å². The van der Waals surface area contributed by atoms with Crippen LogP contribution in [0, 0.1) is 0 Å². The maximum absolute atomic E-state index is 10.8. The molecule has 0 heterocycles. The summed E-state index contributed by atoms with van der Waals surface area (Å²) < 4.78 is 0. The number of thiol groups is 1. The summed E-state index contributed by atoms with van der Waals surface area (Å²) >= 11 is 3.84. The molecule has 14 heavy (non-hydrogen) atoms. The van der Waals surface area contributed by atoms with Crippen molar-refractivity contribution in [1.29, 1.82) is 0 Å². The SMILES string of the molecule is O=C(CS)NCCc1cccc(O)c1. The summed E-state index contributed by atoms with van der Waals surface area (Å²) in [4.78, 5) is 10.8. The lowest BCUT2D eigenvalue weighted by molar-refractivity contribution is -0.118. The normalized spacial score (nSPS) is 9.79. The fourth-order valence-electron chi connectivity index (χ4n) is 1.11. The van der Waals surface area contributed by atoms with Gasteiger partial charge in [-0.2, -0.15) is 12.6 Å². The Labute approximate surface area is 88.6 Å². The summed E-state index contributed by atoms with van der Waals surface area (Å²) in [7, 11) is 0. The monoisotopic (exact) mass is 211 g/mol. The first-order chi connectivity index (χ1) is 6.72. The molecule has 0 aliphatic heterocycles. The van der Waals surface area contributed by atoms with E-state index in [0.29, 0.717) is 13.0 Å². The molecule has 76 valence electrons. The first-order valence-corrected chi connectivity index (χ1v) is 5.01. The zero-order chi connectivity index (χ0) is 10.4. The van der Waals surface area contributed by atoms with Crippen LogP contribution in [-0.2, 0) is 11.2 Å². The van der Waals surface area contributed by atoms with E-state index in [-0.39, 0.29) is 17.4 Å². The Morgan fingerprint density at radius 1 is 1.50 bits per heavy atom. The molecule has 0 saturated carbocycles. The second-order valence-corrected chi connectivity index (χ2v) is 3.24.